The van der Waals surface area contributed by atoms with Crippen molar-refractivity contribution in [1.29, 1.82) is 0 Å². The Morgan fingerprint density at radius 1 is 0.973 bits per heavy atom. The van der Waals surface area contributed by atoms with E-state index in [1.165, 1.54) is 15.9 Å². The van der Waals surface area contributed by atoms with Crippen molar-refractivity contribution in [3.63, 3.8) is 0 Å². The van der Waals surface area contributed by atoms with Gasteiger partial charge in [0.2, 0.25) is 4.96 Å². The number of benzene rings is 3. The lowest BCUT2D eigenvalue weighted by Crippen LogP contribution is -2.32. The molecular formula is C28H21ClN4O3S. The first-order chi connectivity index (χ1) is 18.0. The second-order valence-corrected chi connectivity index (χ2v) is 10.00. The maximum Gasteiger partial charge on any atom is 0.291 e. The van der Waals surface area contributed by atoms with Crippen molar-refractivity contribution in [3.8, 4) is 17.1 Å². The van der Waals surface area contributed by atoms with Gasteiger partial charge in [-0.3, -0.25) is 9.59 Å². The molecule has 2 aromatic heterocycles. The topological polar surface area (TPSA) is 76.8 Å². The molecule has 0 unspecified atom stereocenters. The van der Waals surface area contributed by atoms with E-state index in [-0.39, 0.29) is 11.5 Å². The Morgan fingerprint density at radius 3 is 2.49 bits per heavy atom. The molecule has 0 saturated carbocycles. The summed E-state index contributed by atoms with van der Waals surface area (Å²) in [4.78, 5) is 33.8. The van der Waals surface area contributed by atoms with Gasteiger partial charge in [0.1, 0.15) is 10.3 Å². The molecule has 1 aliphatic heterocycles. The van der Waals surface area contributed by atoms with Gasteiger partial charge in [0.15, 0.2) is 5.82 Å². The average molecular weight is 529 g/mol. The van der Waals surface area contributed by atoms with E-state index in [1.807, 2.05) is 66.7 Å². The lowest BCUT2D eigenvalue weighted by Gasteiger charge is -2.17. The number of carbonyl (C=O) groups excluding carboxylic acids is 1. The number of rotatable bonds is 6. The fraction of sp³-hybridized carbons (Fsp3) is 0.143. The Balaban J connectivity index is 1.41. The highest BCUT2D eigenvalue weighted by Gasteiger charge is 2.34. The minimum Gasteiger partial charge on any atom is -0.494 e. The van der Waals surface area contributed by atoms with Gasteiger partial charge in [-0.15, -0.1) is 5.10 Å². The van der Waals surface area contributed by atoms with Crippen LogP contribution in [0.3, 0.4) is 0 Å². The molecule has 37 heavy (non-hydrogen) atoms. The molecule has 5 aromatic rings. The SMILES string of the molecule is CCCOc1ccc(-c2nc3sc(=C4C(=O)N(Cc5ccccc5Cl)c5ccccc54)c(=O)n3n2)cc1. The molecule has 0 atom stereocenters. The molecular weight excluding hydrogens is 508 g/mol. The molecule has 0 radical (unpaired) electrons. The third kappa shape index (κ3) is 4.08. The predicted octanol–water partition coefficient (Wildman–Crippen LogP) is 4.72. The average Bonchev–Trinajstić information content (AvgIpc) is 3.55. The Morgan fingerprint density at radius 2 is 1.73 bits per heavy atom. The number of ether oxygens (including phenoxy) is 1. The van der Waals surface area contributed by atoms with Gasteiger partial charge in [0, 0.05) is 16.1 Å². The highest BCUT2D eigenvalue weighted by Crippen LogP contribution is 2.37. The van der Waals surface area contributed by atoms with Crippen molar-refractivity contribution in [2.75, 3.05) is 11.5 Å². The minimum atomic E-state index is -0.362. The molecule has 1 amide bonds. The number of hydrogen-bond donors (Lipinski definition) is 0. The molecule has 0 N–H and O–H groups in total. The normalized spacial score (nSPS) is 14.4. The van der Waals surface area contributed by atoms with E-state index in [1.54, 1.807) is 11.0 Å². The number of halogens is 1. The van der Waals surface area contributed by atoms with E-state index in [4.69, 9.17) is 16.3 Å². The fourth-order valence-electron chi connectivity index (χ4n) is 4.38. The number of aromatic nitrogens is 3. The van der Waals surface area contributed by atoms with E-state index >= 15 is 0 Å². The Labute approximate surface area is 221 Å². The molecule has 0 bridgehead atoms. The van der Waals surface area contributed by atoms with Crippen LogP contribution in [0.4, 0.5) is 5.69 Å². The minimum absolute atomic E-state index is 0.245. The van der Waals surface area contributed by atoms with Gasteiger partial charge < -0.3 is 9.64 Å². The number of amides is 1. The summed E-state index contributed by atoms with van der Waals surface area (Å²) in [5.41, 5.74) is 3.06. The zero-order valence-corrected chi connectivity index (χ0v) is 21.4. The van der Waals surface area contributed by atoms with Crippen LogP contribution in [0.15, 0.2) is 77.6 Å². The van der Waals surface area contributed by atoms with Gasteiger partial charge in [0.05, 0.1) is 24.4 Å². The third-order valence-corrected chi connectivity index (χ3v) is 7.58. The van der Waals surface area contributed by atoms with Gasteiger partial charge >= 0.3 is 0 Å². The maximum atomic E-state index is 13.7. The number of fused-ring (bicyclic) bond motifs is 2. The maximum absolute atomic E-state index is 13.7. The van der Waals surface area contributed by atoms with Crippen LogP contribution in [0.1, 0.15) is 24.5 Å². The van der Waals surface area contributed by atoms with Crippen LogP contribution in [0.25, 0.3) is 21.9 Å². The summed E-state index contributed by atoms with van der Waals surface area (Å²) in [7, 11) is 0. The number of nitrogens with zero attached hydrogens (tertiary/aromatic N) is 4. The van der Waals surface area contributed by atoms with Crippen molar-refractivity contribution in [2.45, 2.75) is 19.9 Å². The standard InChI is InChI=1S/C28H21ClN4O3S/c1-2-15-36-19-13-11-17(12-14-19)25-30-28-33(31-25)27(35)24(37-28)23-20-8-4-6-10-22(20)32(26(23)34)16-18-7-3-5-9-21(18)29/h3-14H,2,15-16H2,1H3. The molecule has 1 aliphatic rings. The second kappa shape index (κ2) is 9.46. The van der Waals surface area contributed by atoms with Crippen LogP contribution in [-0.4, -0.2) is 27.1 Å². The zero-order chi connectivity index (χ0) is 25.5. The van der Waals surface area contributed by atoms with Crippen LogP contribution < -0.4 is 19.7 Å². The van der Waals surface area contributed by atoms with Crippen LogP contribution >= 0.6 is 22.9 Å². The molecule has 9 heteroatoms. The van der Waals surface area contributed by atoms with E-state index in [9.17, 15) is 9.59 Å². The molecule has 0 fully saturated rings. The quantitative estimate of drug-likeness (QED) is 0.318. The number of hydrogen-bond acceptors (Lipinski definition) is 6. The molecule has 7 nitrogen and oxygen atoms in total. The van der Waals surface area contributed by atoms with Crippen molar-refractivity contribution in [3.05, 3.63) is 104 Å². The van der Waals surface area contributed by atoms with Crippen LogP contribution in [-0.2, 0) is 11.3 Å². The van der Waals surface area contributed by atoms with Crippen molar-refractivity contribution < 1.29 is 9.53 Å². The lowest BCUT2D eigenvalue weighted by molar-refractivity contribution is -0.113. The summed E-state index contributed by atoms with van der Waals surface area (Å²) < 4.78 is 7.23. The Hall–Kier alpha value is -4.01. The zero-order valence-electron chi connectivity index (χ0n) is 19.8. The highest BCUT2D eigenvalue weighted by molar-refractivity contribution is 7.15. The van der Waals surface area contributed by atoms with Gasteiger partial charge in [-0.2, -0.15) is 9.50 Å². The summed E-state index contributed by atoms with van der Waals surface area (Å²) in [5.74, 6) is 0.973. The van der Waals surface area contributed by atoms with Crippen LogP contribution in [0.2, 0.25) is 5.02 Å². The van der Waals surface area contributed by atoms with E-state index in [0.29, 0.717) is 44.6 Å². The first kappa shape index (κ1) is 23.4. The Kier molecular flexibility index (Phi) is 5.98. The fourth-order valence-corrected chi connectivity index (χ4v) is 5.57. The predicted molar refractivity (Wildman–Crippen MR) is 145 cm³/mol. The van der Waals surface area contributed by atoms with E-state index < -0.39 is 0 Å². The van der Waals surface area contributed by atoms with E-state index in [0.717, 1.165) is 29.0 Å². The molecule has 0 aliphatic carbocycles. The molecule has 6 rings (SSSR count). The summed E-state index contributed by atoms with van der Waals surface area (Å²) in [6, 6.07) is 22.4. The summed E-state index contributed by atoms with van der Waals surface area (Å²) in [6.45, 7) is 3.00. The van der Waals surface area contributed by atoms with Crippen LogP contribution in [0.5, 0.6) is 5.75 Å². The third-order valence-electron chi connectivity index (χ3n) is 6.18. The van der Waals surface area contributed by atoms with Crippen molar-refractivity contribution in [1.82, 2.24) is 14.6 Å². The lowest BCUT2D eigenvalue weighted by atomic mass is 10.1. The molecule has 0 spiro atoms. The van der Waals surface area contributed by atoms with Gasteiger partial charge in [-0.05, 0) is 48.4 Å². The van der Waals surface area contributed by atoms with Gasteiger partial charge in [-0.1, -0.05) is 66.3 Å². The summed E-state index contributed by atoms with van der Waals surface area (Å²) in [6.07, 6.45) is 0.930. The van der Waals surface area contributed by atoms with E-state index in [2.05, 4.69) is 17.0 Å². The summed E-state index contributed by atoms with van der Waals surface area (Å²) >= 11 is 7.54. The van der Waals surface area contributed by atoms with Crippen molar-refractivity contribution >= 4 is 45.1 Å². The molecule has 3 aromatic carbocycles. The summed E-state index contributed by atoms with van der Waals surface area (Å²) in [5, 5.41) is 5.04. The van der Waals surface area contributed by atoms with Gasteiger partial charge in [0.25, 0.3) is 11.5 Å². The monoisotopic (exact) mass is 528 g/mol. The molecule has 3 heterocycles. The smallest absolute Gasteiger partial charge is 0.291 e. The first-order valence-corrected chi connectivity index (χ1v) is 13.1. The number of anilines is 1. The van der Waals surface area contributed by atoms with Gasteiger partial charge in [-0.25, -0.2) is 0 Å². The largest absolute Gasteiger partial charge is 0.494 e. The molecule has 184 valence electrons. The highest BCUT2D eigenvalue weighted by atomic mass is 35.5. The first-order valence-electron chi connectivity index (χ1n) is 11.9. The van der Waals surface area contributed by atoms with Crippen molar-refractivity contribution in [2.24, 2.45) is 0 Å². The Bertz CT molecular complexity index is 1760. The van der Waals surface area contributed by atoms with Crippen LogP contribution in [0, 0.1) is 0 Å². The number of para-hydroxylation sites is 1. The molecule has 0 saturated heterocycles. The number of thiazole rings is 1. The second-order valence-electron chi connectivity index (χ2n) is 8.61. The number of carbonyl (C=O) groups is 1.